The van der Waals surface area contributed by atoms with Gasteiger partial charge >= 0.3 is 0 Å². The first-order valence-corrected chi connectivity index (χ1v) is 6.44. The van der Waals surface area contributed by atoms with Crippen LogP contribution in [0.2, 0.25) is 0 Å². The van der Waals surface area contributed by atoms with E-state index in [1.165, 1.54) is 17.3 Å². The highest BCUT2D eigenvalue weighted by Crippen LogP contribution is 2.09. The number of aromatic nitrogens is 6. The van der Waals surface area contributed by atoms with Crippen molar-refractivity contribution in [3.8, 4) is 5.95 Å². The van der Waals surface area contributed by atoms with Crippen molar-refractivity contribution in [2.45, 2.75) is 13.3 Å². The molecule has 3 N–H and O–H groups in total. The third-order valence-electron chi connectivity index (χ3n) is 2.55. The average molecular weight is 291 g/mol. The van der Waals surface area contributed by atoms with Crippen molar-refractivity contribution in [1.82, 2.24) is 35.0 Å². The van der Waals surface area contributed by atoms with Crippen molar-refractivity contribution in [1.29, 1.82) is 0 Å². The summed E-state index contributed by atoms with van der Waals surface area (Å²) in [6.45, 7) is 2.75. The van der Waals surface area contributed by atoms with Gasteiger partial charge in [-0.3, -0.25) is 4.79 Å². The van der Waals surface area contributed by atoms with E-state index in [0.29, 0.717) is 12.5 Å². The van der Waals surface area contributed by atoms with Gasteiger partial charge in [0.1, 0.15) is 12.7 Å². The second-order valence-electron chi connectivity index (χ2n) is 4.34. The maximum atomic E-state index is 11.7. The first-order valence-electron chi connectivity index (χ1n) is 6.44. The minimum atomic E-state index is -0.111. The van der Waals surface area contributed by atoms with E-state index in [9.17, 15) is 4.79 Å². The van der Waals surface area contributed by atoms with Crippen molar-refractivity contribution in [3.05, 3.63) is 12.7 Å². The molecule has 0 bridgehead atoms. The number of nitrogen functional groups attached to an aromatic ring is 1. The second-order valence-corrected chi connectivity index (χ2v) is 4.34. The fraction of sp³-hybridized carbons (Fsp3) is 0.455. The lowest BCUT2D eigenvalue weighted by atomic mass is 10.4. The van der Waals surface area contributed by atoms with Gasteiger partial charge in [0.05, 0.1) is 6.54 Å². The smallest absolute Gasteiger partial charge is 0.258 e. The summed E-state index contributed by atoms with van der Waals surface area (Å²) in [6.07, 6.45) is 3.69. The molecule has 0 aliphatic rings. The lowest BCUT2D eigenvalue weighted by Gasteiger charge is -2.17. The fourth-order valence-corrected chi connectivity index (χ4v) is 1.56. The Kier molecular flexibility index (Phi) is 4.59. The van der Waals surface area contributed by atoms with Gasteiger partial charge in [0.2, 0.25) is 17.8 Å². The molecule has 1 amide bonds. The number of nitrogens with one attached hydrogen (secondary N) is 1. The number of amides is 1. The Morgan fingerprint density at radius 1 is 1.43 bits per heavy atom. The molecule has 2 aromatic rings. The molecule has 0 radical (unpaired) electrons. The van der Waals surface area contributed by atoms with E-state index < -0.39 is 0 Å². The van der Waals surface area contributed by atoms with E-state index >= 15 is 0 Å². The molecule has 21 heavy (non-hydrogen) atoms. The molecule has 0 fully saturated rings. The van der Waals surface area contributed by atoms with E-state index in [1.807, 2.05) is 6.92 Å². The van der Waals surface area contributed by atoms with E-state index in [2.05, 4.69) is 30.4 Å². The third kappa shape index (κ3) is 3.84. The van der Waals surface area contributed by atoms with Crippen LogP contribution in [0.4, 0.5) is 11.9 Å². The van der Waals surface area contributed by atoms with Crippen LogP contribution in [-0.2, 0) is 4.79 Å². The maximum Gasteiger partial charge on any atom is 0.258 e. The average Bonchev–Trinajstić information content (AvgIpc) is 2.98. The lowest BCUT2D eigenvalue weighted by molar-refractivity contribution is -0.119. The number of likely N-dealkylation sites (N-methyl/N-ethyl adjacent to an activating group) is 1. The van der Waals surface area contributed by atoms with Crippen LogP contribution in [0.5, 0.6) is 0 Å². The van der Waals surface area contributed by atoms with Gasteiger partial charge < -0.3 is 16.0 Å². The predicted molar refractivity (Wildman–Crippen MR) is 75.7 cm³/mol. The van der Waals surface area contributed by atoms with Gasteiger partial charge in [0.25, 0.3) is 5.95 Å². The zero-order valence-electron chi connectivity index (χ0n) is 11.9. The number of carbonyl (C=O) groups excluding carboxylic acids is 1. The summed E-state index contributed by atoms with van der Waals surface area (Å²) in [5.74, 6) is 0.474. The lowest BCUT2D eigenvalue weighted by Crippen LogP contribution is -2.36. The molecule has 0 aliphatic heterocycles. The third-order valence-corrected chi connectivity index (χ3v) is 2.55. The molecule has 112 valence electrons. The van der Waals surface area contributed by atoms with Crippen LogP contribution in [0.3, 0.4) is 0 Å². The summed E-state index contributed by atoms with van der Waals surface area (Å²) >= 11 is 0. The molecule has 0 spiro atoms. The van der Waals surface area contributed by atoms with Gasteiger partial charge in [-0.25, -0.2) is 4.98 Å². The Labute approximate surface area is 121 Å². The summed E-state index contributed by atoms with van der Waals surface area (Å²) in [6, 6.07) is 0. The van der Waals surface area contributed by atoms with E-state index in [1.54, 1.807) is 11.9 Å². The van der Waals surface area contributed by atoms with Crippen LogP contribution in [0.1, 0.15) is 13.3 Å². The van der Waals surface area contributed by atoms with Gasteiger partial charge in [-0.15, -0.1) is 0 Å². The van der Waals surface area contributed by atoms with E-state index in [0.717, 1.165) is 6.42 Å². The molecule has 10 heteroatoms. The predicted octanol–water partition coefficient (Wildman–Crippen LogP) is -1.00. The molecule has 0 unspecified atom stereocenters. The summed E-state index contributed by atoms with van der Waals surface area (Å²) < 4.78 is 1.37. The monoisotopic (exact) mass is 291 g/mol. The van der Waals surface area contributed by atoms with Gasteiger partial charge in [-0.1, -0.05) is 6.92 Å². The zero-order chi connectivity index (χ0) is 15.2. The number of nitrogens with zero attached hydrogens (tertiary/aromatic N) is 7. The first-order chi connectivity index (χ1) is 10.1. The standard InChI is InChI=1S/C11H17N9O/c1-3-4-14-8(21)5-19(2)10-16-9(12)17-11(18-10)20-7-13-6-15-20/h6-7H,3-5H2,1-2H3,(H,14,21)(H2,12,16,17,18). The van der Waals surface area contributed by atoms with Crippen LogP contribution in [0.15, 0.2) is 12.7 Å². The molecular formula is C11H17N9O. The van der Waals surface area contributed by atoms with E-state index in [-0.39, 0.29) is 24.3 Å². The van der Waals surface area contributed by atoms with Crippen molar-refractivity contribution >= 4 is 17.8 Å². The first kappa shape index (κ1) is 14.6. The number of rotatable bonds is 6. The van der Waals surface area contributed by atoms with Crippen LogP contribution >= 0.6 is 0 Å². The van der Waals surface area contributed by atoms with Gasteiger partial charge in [0, 0.05) is 13.6 Å². The van der Waals surface area contributed by atoms with Crippen molar-refractivity contribution in [2.75, 3.05) is 30.8 Å². The van der Waals surface area contributed by atoms with Gasteiger partial charge in [0.15, 0.2) is 0 Å². The SMILES string of the molecule is CCCNC(=O)CN(C)c1nc(N)nc(-n2cncn2)n1. The van der Waals surface area contributed by atoms with Crippen LogP contribution < -0.4 is 16.0 Å². The Morgan fingerprint density at radius 3 is 2.90 bits per heavy atom. The van der Waals surface area contributed by atoms with Gasteiger partial charge in [-0.2, -0.15) is 24.7 Å². The largest absolute Gasteiger partial charge is 0.368 e. The Balaban J connectivity index is 2.14. The molecule has 2 rings (SSSR count). The van der Waals surface area contributed by atoms with Crippen molar-refractivity contribution in [2.24, 2.45) is 0 Å². The Hall–Kier alpha value is -2.78. The summed E-state index contributed by atoms with van der Waals surface area (Å²) in [4.78, 5) is 29.3. The molecule has 0 atom stereocenters. The van der Waals surface area contributed by atoms with E-state index in [4.69, 9.17) is 5.73 Å². The number of hydrogen-bond acceptors (Lipinski definition) is 8. The number of nitrogens with two attached hydrogens (primary N) is 1. The molecule has 0 saturated heterocycles. The quantitative estimate of drug-likeness (QED) is 0.693. The van der Waals surface area contributed by atoms with Crippen LogP contribution in [0, 0.1) is 0 Å². The Bertz CT molecular complexity index is 598. The number of anilines is 2. The minimum Gasteiger partial charge on any atom is -0.368 e. The molecule has 0 aromatic carbocycles. The zero-order valence-corrected chi connectivity index (χ0v) is 11.9. The second kappa shape index (κ2) is 6.59. The van der Waals surface area contributed by atoms with Crippen molar-refractivity contribution < 1.29 is 4.79 Å². The highest BCUT2D eigenvalue weighted by molar-refractivity contribution is 5.80. The molecular weight excluding hydrogens is 274 g/mol. The highest BCUT2D eigenvalue weighted by Gasteiger charge is 2.13. The van der Waals surface area contributed by atoms with Crippen molar-refractivity contribution in [3.63, 3.8) is 0 Å². The summed E-state index contributed by atoms with van der Waals surface area (Å²) in [7, 11) is 1.70. The summed E-state index contributed by atoms with van der Waals surface area (Å²) in [5.41, 5.74) is 5.66. The molecule has 0 aliphatic carbocycles. The normalized spacial score (nSPS) is 10.4. The minimum absolute atomic E-state index is 0.0475. The topological polar surface area (TPSA) is 128 Å². The highest BCUT2D eigenvalue weighted by atomic mass is 16.2. The fourth-order valence-electron chi connectivity index (χ4n) is 1.56. The number of hydrogen-bond donors (Lipinski definition) is 2. The number of carbonyl (C=O) groups is 1. The maximum absolute atomic E-state index is 11.7. The van der Waals surface area contributed by atoms with Crippen LogP contribution in [0.25, 0.3) is 5.95 Å². The molecule has 2 aromatic heterocycles. The molecule has 2 heterocycles. The van der Waals surface area contributed by atoms with Gasteiger partial charge in [-0.05, 0) is 6.42 Å². The summed E-state index contributed by atoms with van der Waals surface area (Å²) in [5, 5.41) is 6.71. The van der Waals surface area contributed by atoms with Crippen LogP contribution in [-0.4, -0.2) is 55.8 Å². The molecule has 0 saturated carbocycles. The molecule has 10 nitrogen and oxygen atoms in total. The Morgan fingerprint density at radius 2 is 2.24 bits per heavy atom.